The van der Waals surface area contributed by atoms with Crippen LogP contribution in [0.5, 0.6) is 5.75 Å². The largest absolute Gasteiger partial charge is 0.484 e. The molecule has 1 aromatic heterocycles. The molecular weight excluding hydrogens is 436 g/mol. The Kier molecular flexibility index (Phi) is 6.80. The number of halogens is 1. The van der Waals surface area contributed by atoms with Crippen LogP contribution in [0.2, 0.25) is 0 Å². The number of nitrogens with one attached hydrogen (secondary N) is 1. The lowest BCUT2D eigenvalue weighted by molar-refractivity contribution is -0.120. The van der Waals surface area contributed by atoms with Crippen molar-refractivity contribution in [3.63, 3.8) is 0 Å². The number of nitrogens with zero attached hydrogens (tertiary/aromatic N) is 2. The second kappa shape index (κ2) is 9.70. The molecule has 0 unspecified atom stereocenters. The minimum Gasteiger partial charge on any atom is -0.484 e. The van der Waals surface area contributed by atoms with E-state index in [1.54, 1.807) is 47.3 Å². The van der Waals surface area contributed by atoms with Crippen LogP contribution in [-0.2, 0) is 16.1 Å². The van der Waals surface area contributed by atoms with Crippen LogP contribution in [0.25, 0.3) is 6.08 Å². The van der Waals surface area contributed by atoms with Gasteiger partial charge >= 0.3 is 0 Å². The molecule has 8 heteroatoms. The van der Waals surface area contributed by atoms with E-state index in [1.807, 2.05) is 24.3 Å². The van der Waals surface area contributed by atoms with E-state index in [9.17, 15) is 9.59 Å². The topological polar surface area (TPSA) is 99.2 Å². The highest BCUT2D eigenvalue weighted by atomic mass is 79.9. The monoisotopic (exact) mass is 454 g/mol. The zero-order valence-corrected chi connectivity index (χ0v) is 17.0. The van der Waals surface area contributed by atoms with Gasteiger partial charge in [-0.1, -0.05) is 40.2 Å². The molecule has 0 atom stereocenters. The molecule has 2 amide bonds. The molecule has 3 aromatic rings. The maximum atomic E-state index is 12.3. The number of aromatic nitrogens is 2. The number of hydrogen-bond donors (Lipinski definition) is 2. The van der Waals surface area contributed by atoms with Crippen molar-refractivity contribution in [2.45, 2.75) is 6.54 Å². The fourth-order valence-corrected chi connectivity index (χ4v) is 2.76. The summed E-state index contributed by atoms with van der Waals surface area (Å²) in [5.74, 6) is 0.335. The van der Waals surface area contributed by atoms with Crippen molar-refractivity contribution in [2.75, 3.05) is 11.9 Å². The van der Waals surface area contributed by atoms with E-state index in [4.69, 9.17) is 10.5 Å². The van der Waals surface area contributed by atoms with E-state index in [1.165, 1.54) is 6.08 Å². The maximum Gasteiger partial charge on any atom is 0.255 e. The van der Waals surface area contributed by atoms with E-state index in [-0.39, 0.29) is 12.5 Å². The normalized spacial score (nSPS) is 10.8. The molecule has 0 spiro atoms. The Balaban J connectivity index is 1.57. The van der Waals surface area contributed by atoms with Gasteiger partial charge in [-0.25, -0.2) is 4.68 Å². The second-order valence-electron chi connectivity index (χ2n) is 6.15. The fourth-order valence-electron chi connectivity index (χ4n) is 2.50. The number of primary amides is 1. The third kappa shape index (κ3) is 6.32. The van der Waals surface area contributed by atoms with Gasteiger partial charge in [0.15, 0.2) is 6.61 Å². The van der Waals surface area contributed by atoms with Crippen LogP contribution >= 0.6 is 15.9 Å². The highest BCUT2D eigenvalue weighted by molar-refractivity contribution is 9.10. The SMILES string of the molecule is NC(=O)COc1ccc(/C=C/C(=O)Nc2ccnn2Cc2ccc(Br)cc2)cc1. The van der Waals surface area contributed by atoms with Gasteiger partial charge in [0, 0.05) is 16.6 Å². The summed E-state index contributed by atoms with van der Waals surface area (Å²) in [5, 5.41) is 7.09. The molecule has 0 bridgehead atoms. The minimum absolute atomic E-state index is 0.175. The van der Waals surface area contributed by atoms with Gasteiger partial charge in [0.1, 0.15) is 11.6 Å². The Morgan fingerprint density at radius 2 is 1.83 bits per heavy atom. The van der Waals surface area contributed by atoms with Crippen molar-refractivity contribution in [1.82, 2.24) is 9.78 Å². The Morgan fingerprint density at radius 3 is 2.52 bits per heavy atom. The maximum absolute atomic E-state index is 12.3. The molecule has 0 aliphatic heterocycles. The predicted octanol–water partition coefficient (Wildman–Crippen LogP) is 3.21. The van der Waals surface area contributed by atoms with Crippen LogP contribution in [0.1, 0.15) is 11.1 Å². The number of rotatable bonds is 8. The molecule has 0 radical (unpaired) electrons. The fraction of sp³-hybridized carbons (Fsp3) is 0.0952. The van der Waals surface area contributed by atoms with Crippen LogP contribution in [-0.4, -0.2) is 28.2 Å². The third-order valence-electron chi connectivity index (χ3n) is 3.90. The summed E-state index contributed by atoms with van der Waals surface area (Å²) in [5.41, 5.74) is 6.92. The molecule has 0 saturated carbocycles. The zero-order valence-electron chi connectivity index (χ0n) is 15.4. The van der Waals surface area contributed by atoms with Gasteiger partial charge in [-0.3, -0.25) is 9.59 Å². The lowest BCUT2D eigenvalue weighted by Gasteiger charge is -2.08. The molecule has 3 N–H and O–H groups in total. The first-order valence-electron chi connectivity index (χ1n) is 8.76. The van der Waals surface area contributed by atoms with Gasteiger partial charge in [-0.2, -0.15) is 5.10 Å². The number of nitrogens with two attached hydrogens (primary N) is 1. The zero-order chi connectivity index (χ0) is 20.6. The van der Waals surface area contributed by atoms with Crippen molar-refractivity contribution in [3.05, 3.63) is 82.5 Å². The smallest absolute Gasteiger partial charge is 0.255 e. The molecule has 2 aromatic carbocycles. The Labute approximate surface area is 176 Å². The third-order valence-corrected chi connectivity index (χ3v) is 4.43. The van der Waals surface area contributed by atoms with Crippen LogP contribution in [0.4, 0.5) is 5.82 Å². The summed E-state index contributed by atoms with van der Waals surface area (Å²) >= 11 is 3.41. The first-order valence-corrected chi connectivity index (χ1v) is 9.55. The van der Waals surface area contributed by atoms with E-state index in [0.29, 0.717) is 18.1 Å². The van der Waals surface area contributed by atoms with Crippen molar-refractivity contribution >= 4 is 39.6 Å². The summed E-state index contributed by atoms with van der Waals surface area (Å²) in [7, 11) is 0. The molecule has 0 aliphatic carbocycles. The summed E-state index contributed by atoms with van der Waals surface area (Å²) in [6.45, 7) is 0.373. The van der Waals surface area contributed by atoms with E-state index in [2.05, 4.69) is 26.3 Å². The number of carbonyl (C=O) groups excluding carboxylic acids is 2. The van der Waals surface area contributed by atoms with Crippen LogP contribution in [0.3, 0.4) is 0 Å². The summed E-state index contributed by atoms with van der Waals surface area (Å²) in [6.07, 6.45) is 4.77. The Morgan fingerprint density at radius 1 is 1.10 bits per heavy atom. The van der Waals surface area contributed by atoms with Gasteiger partial charge in [-0.05, 0) is 41.5 Å². The van der Waals surface area contributed by atoms with E-state index >= 15 is 0 Å². The summed E-state index contributed by atoms with van der Waals surface area (Å²) < 4.78 is 7.93. The average molecular weight is 455 g/mol. The molecule has 1 heterocycles. The lowest BCUT2D eigenvalue weighted by Crippen LogP contribution is -2.19. The average Bonchev–Trinajstić information content (AvgIpc) is 3.13. The number of hydrogen-bond acceptors (Lipinski definition) is 4. The van der Waals surface area contributed by atoms with Gasteiger partial charge in [0.05, 0.1) is 12.7 Å². The molecule has 0 fully saturated rings. The molecule has 0 saturated heterocycles. The predicted molar refractivity (Wildman–Crippen MR) is 114 cm³/mol. The molecular formula is C21H19BrN4O3. The Bertz CT molecular complexity index is 1010. The van der Waals surface area contributed by atoms with Gasteiger partial charge in [-0.15, -0.1) is 0 Å². The van der Waals surface area contributed by atoms with Gasteiger partial charge in [0.2, 0.25) is 5.91 Å². The molecule has 0 aliphatic rings. The highest BCUT2D eigenvalue weighted by Crippen LogP contribution is 2.15. The lowest BCUT2D eigenvalue weighted by atomic mass is 10.2. The summed E-state index contributed by atoms with van der Waals surface area (Å²) in [6, 6.07) is 16.6. The van der Waals surface area contributed by atoms with Crippen LogP contribution < -0.4 is 15.8 Å². The second-order valence-corrected chi connectivity index (χ2v) is 7.06. The van der Waals surface area contributed by atoms with Crippen molar-refractivity contribution in [2.24, 2.45) is 5.73 Å². The number of benzene rings is 2. The standard InChI is InChI=1S/C21H19BrN4O3/c22-17-6-1-16(2-7-17)13-26-20(11-12-24-26)25-21(28)10-5-15-3-8-18(9-4-15)29-14-19(23)27/h1-12H,13-14H2,(H2,23,27)(H,25,28)/b10-5+. The highest BCUT2D eigenvalue weighted by Gasteiger charge is 2.06. The van der Waals surface area contributed by atoms with Crippen LogP contribution in [0, 0.1) is 0 Å². The first-order chi connectivity index (χ1) is 14.0. The number of amides is 2. The minimum atomic E-state index is -0.537. The van der Waals surface area contributed by atoms with E-state index < -0.39 is 5.91 Å². The molecule has 29 heavy (non-hydrogen) atoms. The Hall–Kier alpha value is -3.39. The number of carbonyl (C=O) groups is 2. The van der Waals surface area contributed by atoms with Crippen molar-refractivity contribution < 1.29 is 14.3 Å². The van der Waals surface area contributed by atoms with Gasteiger partial charge in [0.25, 0.3) is 5.91 Å². The summed E-state index contributed by atoms with van der Waals surface area (Å²) in [4.78, 5) is 23.0. The number of ether oxygens (including phenoxy) is 1. The number of anilines is 1. The quantitative estimate of drug-likeness (QED) is 0.510. The van der Waals surface area contributed by atoms with Crippen molar-refractivity contribution in [1.29, 1.82) is 0 Å². The van der Waals surface area contributed by atoms with E-state index in [0.717, 1.165) is 15.6 Å². The van der Waals surface area contributed by atoms with Gasteiger partial charge < -0.3 is 15.8 Å². The van der Waals surface area contributed by atoms with Crippen molar-refractivity contribution in [3.8, 4) is 5.75 Å². The van der Waals surface area contributed by atoms with Crippen LogP contribution in [0.15, 0.2) is 71.3 Å². The molecule has 3 rings (SSSR count). The molecule has 7 nitrogen and oxygen atoms in total. The molecule has 148 valence electrons. The first kappa shape index (κ1) is 20.3.